The molecule has 0 fully saturated rings. The quantitative estimate of drug-likeness (QED) is 0.0343. The van der Waals surface area contributed by atoms with Crippen molar-refractivity contribution in [2.24, 2.45) is 11.8 Å². The first-order chi connectivity index (χ1) is 33.8. The first-order valence-corrected chi connectivity index (χ1v) is 31.3. The van der Waals surface area contributed by atoms with Gasteiger partial charge in [0.05, 0.1) is 0 Å². The molecule has 0 aliphatic carbocycles. The maximum absolute atomic E-state index is 12.9. The number of rotatable bonds is 57. The van der Waals surface area contributed by atoms with Gasteiger partial charge < -0.3 is 14.2 Å². The van der Waals surface area contributed by atoms with Crippen LogP contribution in [-0.2, 0) is 28.6 Å². The number of esters is 3. The van der Waals surface area contributed by atoms with Gasteiger partial charge in [-0.05, 0) is 31.1 Å². The molecule has 0 aromatic carbocycles. The highest BCUT2D eigenvalue weighted by molar-refractivity contribution is 5.71. The van der Waals surface area contributed by atoms with Crippen molar-refractivity contribution in [3.8, 4) is 0 Å². The summed E-state index contributed by atoms with van der Waals surface area (Å²) < 4.78 is 16.9. The molecular weight excluding hydrogens is 853 g/mol. The summed E-state index contributed by atoms with van der Waals surface area (Å²) in [6, 6.07) is 0. The van der Waals surface area contributed by atoms with Crippen molar-refractivity contribution >= 4 is 17.9 Å². The third kappa shape index (κ3) is 55.6. The molecular formula is C63H122O6. The zero-order valence-corrected chi connectivity index (χ0v) is 47.5. The van der Waals surface area contributed by atoms with Crippen molar-refractivity contribution in [3.63, 3.8) is 0 Å². The number of hydrogen-bond donors (Lipinski definition) is 0. The largest absolute Gasteiger partial charge is 0.462 e. The summed E-state index contributed by atoms with van der Waals surface area (Å²) in [6.45, 7) is 11.5. The Bertz CT molecular complexity index is 1060. The molecule has 0 N–H and O–H groups in total. The summed E-state index contributed by atoms with van der Waals surface area (Å²) in [4.78, 5) is 38.3. The number of unbranched alkanes of at least 4 members (excludes halogenated alkanes) is 41. The second-order valence-corrected chi connectivity index (χ2v) is 22.4. The van der Waals surface area contributed by atoms with E-state index in [0.29, 0.717) is 19.3 Å². The van der Waals surface area contributed by atoms with Crippen LogP contribution in [0.5, 0.6) is 0 Å². The van der Waals surface area contributed by atoms with E-state index in [1.165, 1.54) is 244 Å². The Morgan fingerprint density at radius 2 is 0.551 bits per heavy atom. The molecule has 0 heterocycles. The van der Waals surface area contributed by atoms with Gasteiger partial charge in [-0.25, -0.2) is 0 Å². The third-order valence-electron chi connectivity index (χ3n) is 14.8. The van der Waals surface area contributed by atoms with Gasteiger partial charge >= 0.3 is 17.9 Å². The van der Waals surface area contributed by atoms with Crippen LogP contribution < -0.4 is 0 Å². The van der Waals surface area contributed by atoms with Crippen LogP contribution in [0.25, 0.3) is 0 Å². The Labute approximate surface area is 431 Å². The standard InChI is InChI=1S/C63H122O6/c1-6-8-9-10-11-12-13-14-15-16-17-21-24-27-33-38-43-48-53-61(64)67-56-60(69-63(66)55-50-45-40-35-30-29-32-37-42-47-52-59(5)7-2)57-68-62(65)54-49-44-39-34-28-25-22-19-18-20-23-26-31-36-41-46-51-58(3)4/h58-60H,6-57H2,1-5H3/t59?,60-/m1/s1. The number of carbonyl (C=O) groups is 3. The zero-order valence-electron chi connectivity index (χ0n) is 47.5. The molecule has 0 aliphatic rings. The highest BCUT2D eigenvalue weighted by Crippen LogP contribution is 2.19. The van der Waals surface area contributed by atoms with Crippen molar-refractivity contribution in [3.05, 3.63) is 0 Å². The lowest BCUT2D eigenvalue weighted by Gasteiger charge is -2.18. The average molecular weight is 976 g/mol. The molecule has 0 saturated heterocycles. The van der Waals surface area contributed by atoms with Gasteiger partial charge in [0.1, 0.15) is 13.2 Å². The molecule has 410 valence electrons. The van der Waals surface area contributed by atoms with E-state index >= 15 is 0 Å². The van der Waals surface area contributed by atoms with E-state index in [0.717, 1.165) is 69.6 Å². The molecule has 0 radical (unpaired) electrons. The first-order valence-electron chi connectivity index (χ1n) is 31.3. The fraction of sp³-hybridized carbons (Fsp3) is 0.952. The Kier molecular flexibility index (Phi) is 54.4. The van der Waals surface area contributed by atoms with E-state index < -0.39 is 6.10 Å². The second-order valence-electron chi connectivity index (χ2n) is 22.4. The van der Waals surface area contributed by atoms with Crippen LogP contribution in [-0.4, -0.2) is 37.2 Å². The van der Waals surface area contributed by atoms with Crippen LogP contribution >= 0.6 is 0 Å². The molecule has 0 rings (SSSR count). The normalized spacial score (nSPS) is 12.4. The minimum atomic E-state index is -0.764. The van der Waals surface area contributed by atoms with Gasteiger partial charge in [-0.15, -0.1) is 0 Å². The van der Waals surface area contributed by atoms with E-state index in [2.05, 4.69) is 34.6 Å². The van der Waals surface area contributed by atoms with Crippen molar-refractivity contribution in [1.82, 2.24) is 0 Å². The summed E-state index contributed by atoms with van der Waals surface area (Å²) in [5.41, 5.74) is 0. The molecule has 0 aliphatic heterocycles. The van der Waals surface area contributed by atoms with Crippen LogP contribution in [0.3, 0.4) is 0 Å². The van der Waals surface area contributed by atoms with Gasteiger partial charge in [0.2, 0.25) is 0 Å². The highest BCUT2D eigenvalue weighted by atomic mass is 16.6. The molecule has 2 atom stereocenters. The second kappa shape index (κ2) is 55.7. The summed E-state index contributed by atoms with van der Waals surface area (Å²) in [6.07, 6.45) is 60.9. The van der Waals surface area contributed by atoms with Crippen molar-refractivity contribution in [2.45, 2.75) is 362 Å². The Morgan fingerprint density at radius 1 is 0.304 bits per heavy atom. The number of carbonyl (C=O) groups excluding carboxylic acids is 3. The van der Waals surface area contributed by atoms with Crippen LogP contribution in [0.2, 0.25) is 0 Å². The van der Waals surface area contributed by atoms with Gasteiger partial charge in [0.15, 0.2) is 6.10 Å². The summed E-state index contributed by atoms with van der Waals surface area (Å²) in [7, 11) is 0. The predicted molar refractivity (Wildman–Crippen MR) is 298 cm³/mol. The van der Waals surface area contributed by atoms with Crippen molar-refractivity contribution in [1.29, 1.82) is 0 Å². The van der Waals surface area contributed by atoms with E-state index in [4.69, 9.17) is 14.2 Å². The number of ether oxygens (including phenoxy) is 3. The van der Waals surface area contributed by atoms with Crippen LogP contribution in [0.1, 0.15) is 356 Å². The van der Waals surface area contributed by atoms with Crippen LogP contribution in [0.4, 0.5) is 0 Å². The minimum Gasteiger partial charge on any atom is -0.462 e. The predicted octanol–water partition coefficient (Wildman–Crippen LogP) is 20.8. The molecule has 69 heavy (non-hydrogen) atoms. The lowest BCUT2D eigenvalue weighted by atomic mass is 9.99. The summed E-state index contributed by atoms with van der Waals surface area (Å²) in [5, 5.41) is 0. The average Bonchev–Trinajstić information content (AvgIpc) is 3.34. The zero-order chi connectivity index (χ0) is 50.4. The molecule has 0 bridgehead atoms. The molecule has 0 spiro atoms. The third-order valence-corrected chi connectivity index (χ3v) is 14.8. The summed E-state index contributed by atoms with van der Waals surface area (Å²) >= 11 is 0. The monoisotopic (exact) mass is 975 g/mol. The molecule has 0 aromatic rings. The maximum Gasteiger partial charge on any atom is 0.306 e. The van der Waals surface area contributed by atoms with E-state index in [-0.39, 0.29) is 31.1 Å². The Balaban J connectivity index is 4.27. The highest BCUT2D eigenvalue weighted by Gasteiger charge is 2.19. The lowest BCUT2D eigenvalue weighted by Crippen LogP contribution is -2.30. The topological polar surface area (TPSA) is 78.9 Å². The molecule has 6 heteroatoms. The van der Waals surface area contributed by atoms with Crippen LogP contribution in [0.15, 0.2) is 0 Å². The van der Waals surface area contributed by atoms with E-state index in [1.54, 1.807) is 0 Å². The minimum absolute atomic E-state index is 0.0623. The molecule has 0 aromatic heterocycles. The van der Waals surface area contributed by atoms with Crippen molar-refractivity contribution in [2.75, 3.05) is 13.2 Å². The lowest BCUT2D eigenvalue weighted by molar-refractivity contribution is -0.167. The summed E-state index contributed by atoms with van der Waals surface area (Å²) in [5.74, 6) is 0.886. The van der Waals surface area contributed by atoms with Gasteiger partial charge in [0.25, 0.3) is 0 Å². The molecule has 0 saturated carbocycles. The van der Waals surface area contributed by atoms with Crippen LogP contribution in [0, 0.1) is 11.8 Å². The molecule has 6 nitrogen and oxygen atoms in total. The van der Waals surface area contributed by atoms with Crippen molar-refractivity contribution < 1.29 is 28.6 Å². The first kappa shape index (κ1) is 67.4. The fourth-order valence-electron chi connectivity index (χ4n) is 9.73. The molecule has 0 amide bonds. The SMILES string of the molecule is CCCCCCCCCCCCCCCCCCCCC(=O)OC[C@H](COC(=O)CCCCCCCCCCCCCCCCCCC(C)C)OC(=O)CCCCCCCCCCCCC(C)CC. The van der Waals surface area contributed by atoms with Gasteiger partial charge in [-0.3, -0.25) is 14.4 Å². The van der Waals surface area contributed by atoms with Gasteiger partial charge in [-0.1, -0.05) is 317 Å². The smallest absolute Gasteiger partial charge is 0.306 e. The maximum atomic E-state index is 12.9. The Hall–Kier alpha value is -1.59. The van der Waals surface area contributed by atoms with E-state index in [9.17, 15) is 14.4 Å². The molecule has 1 unspecified atom stereocenters. The number of hydrogen-bond acceptors (Lipinski definition) is 6. The van der Waals surface area contributed by atoms with Gasteiger partial charge in [-0.2, -0.15) is 0 Å². The Morgan fingerprint density at radius 3 is 0.826 bits per heavy atom. The fourth-order valence-corrected chi connectivity index (χ4v) is 9.73. The van der Waals surface area contributed by atoms with E-state index in [1.807, 2.05) is 0 Å². The van der Waals surface area contributed by atoms with Gasteiger partial charge in [0, 0.05) is 19.3 Å².